The number of ether oxygens (including phenoxy) is 1. The van der Waals surface area contributed by atoms with E-state index in [1.54, 1.807) is 0 Å². The van der Waals surface area contributed by atoms with Crippen molar-refractivity contribution in [1.29, 1.82) is 0 Å². The van der Waals surface area contributed by atoms with E-state index in [9.17, 15) is 0 Å². The van der Waals surface area contributed by atoms with Crippen molar-refractivity contribution >= 4 is 33.1 Å². The Balaban J connectivity index is 2.23. The second kappa shape index (κ2) is 6.37. The number of thiocarbonyl (C=S) groups is 1. The highest BCUT2D eigenvalue weighted by molar-refractivity contribution is 9.10. The maximum Gasteiger partial charge on any atom is 0.131 e. The molecule has 0 bridgehead atoms. The summed E-state index contributed by atoms with van der Waals surface area (Å²) in [7, 11) is 0. The van der Waals surface area contributed by atoms with Gasteiger partial charge >= 0.3 is 0 Å². The molecular formula is C14H16BrN3OS. The molecule has 4 nitrogen and oxygen atoms in total. The average Bonchev–Trinajstić information content (AvgIpc) is 2.72. The van der Waals surface area contributed by atoms with E-state index in [-0.39, 0.29) is 0 Å². The first-order valence-electron chi connectivity index (χ1n) is 6.28. The molecule has 0 unspecified atom stereocenters. The van der Waals surface area contributed by atoms with E-state index in [1.165, 1.54) is 0 Å². The molecule has 0 fully saturated rings. The molecule has 1 aromatic heterocycles. The largest absolute Gasteiger partial charge is 0.487 e. The molecule has 0 saturated carbocycles. The van der Waals surface area contributed by atoms with Crippen LogP contribution in [0.4, 0.5) is 0 Å². The summed E-state index contributed by atoms with van der Waals surface area (Å²) in [5.74, 6) is 0.688. The van der Waals surface area contributed by atoms with E-state index in [2.05, 4.69) is 21.0 Å². The lowest BCUT2D eigenvalue weighted by Crippen LogP contribution is -2.12. The molecule has 0 saturated heterocycles. The van der Waals surface area contributed by atoms with Crippen LogP contribution in [0.3, 0.4) is 0 Å². The van der Waals surface area contributed by atoms with Gasteiger partial charge in [-0.2, -0.15) is 5.10 Å². The number of halogens is 1. The molecule has 0 radical (unpaired) electrons. The predicted octanol–water partition coefficient (Wildman–Crippen LogP) is 3.19. The van der Waals surface area contributed by atoms with Crippen LogP contribution >= 0.6 is 28.1 Å². The zero-order chi connectivity index (χ0) is 14.7. The maximum atomic E-state index is 5.86. The molecule has 0 atom stereocenters. The Kier molecular flexibility index (Phi) is 4.77. The second-order valence-corrected chi connectivity index (χ2v) is 5.54. The Morgan fingerprint density at radius 1 is 1.45 bits per heavy atom. The van der Waals surface area contributed by atoms with Gasteiger partial charge in [0.2, 0.25) is 0 Å². The van der Waals surface area contributed by atoms with Crippen molar-refractivity contribution in [2.75, 3.05) is 0 Å². The highest BCUT2D eigenvalue weighted by atomic mass is 79.9. The quantitative estimate of drug-likeness (QED) is 0.838. The fraction of sp³-hybridized carbons (Fsp3) is 0.286. The summed E-state index contributed by atoms with van der Waals surface area (Å²) in [4.78, 5) is 0.333. The zero-order valence-corrected chi connectivity index (χ0v) is 13.8. The molecule has 2 rings (SSSR count). The van der Waals surface area contributed by atoms with Gasteiger partial charge < -0.3 is 10.5 Å². The highest BCUT2D eigenvalue weighted by Gasteiger charge is 2.13. The Morgan fingerprint density at radius 2 is 2.15 bits per heavy atom. The molecular weight excluding hydrogens is 338 g/mol. The van der Waals surface area contributed by atoms with Crippen molar-refractivity contribution < 1.29 is 4.74 Å². The minimum atomic E-state index is 0.333. The van der Waals surface area contributed by atoms with Crippen LogP contribution in [0, 0.1) is 6.92 Å². The van der Waals surface area contributed by atoms with Gasteiger partial charge in [0.1, 0.15) is 17.3 Å². The number of nitrogens with two attached hydrogens (primary N) is 1. The van der Waals surface area contributed by atoms with Crippen molar-refractivity contribution in [1.82, 2.24) is 9.78 Å². The summed E-state index contributed by atoms with van der Waals surface area (Å²) in [6.07, 6.45) is 0. The summed E-state index contributed by atoms with van der Waals surface area (Å²) in [5, 5.41) is 4.44. The van der Waals surface area contributed by atoms with Crippen LogP contribution in [-0.4, -0.2) is 14.8 Å². The second-order valence-electron chi connectivity index (χ2n) is 4.31. The molecule has 6 heteroatoms. The Bertz CT molecular complexity index is 639. The van der Waals surface area contributed by atoms with Crippen LogP contribution in [-0.2, 0) is 13.2 Å². The third-order valence-electron chi connectivity index (χ3n) is 2.97. The number of para-hydroxylation sites is 1. The number of hydrogen-bond acceptors (Lipinski definition) is 3. The number of aromatic nitrogens is 2. The van der Waals surface area contributed by atoms with Gasteiger partial charge in [-0.1, -0.05) is 24.4 Å². The average molecular weight is 354 g/mol. The number of hydrogen-bond donors (Lipinski definition) is 1. The Morgan fingerprint density at radius 3 is 2.80 bits per heavy atom. The summed E-state index contributed by atoms with van der Waals surface area (Å²) in [5.41, 5.74) is 8.40. The van der Waals surface area contributed by atoms with Gasteiger partial charge in [-0.3, -0.25) is 4.68 Å². The minimum absolute atomic E-state index is 0.333. The molecule has 0 spiro atoms. The van der Waals surface area contributed by atoms with Crippen LogP contribution < -0.4 is 10.5 Å². The third-order valence-corrected chi connectivity index (χ3v) is 4.22. The van der Waals surface area contributed by atoms with Crippen LogP contribution in [0.2, 0.25) is 0 Å². The van der Waals surface area contributed by atoms with Gasteiger partial charge in [0.15, 0.2) is 0 Å². The van der Waals surface area contributed by atoms with Crippen molar-refractivity contribution in [3.63, 3.8) is 0 Å². The molecule has 0 amide bonds. The SMILES string of the molecule is CCn1nc(C)c(Br)c1COc1ccccc1C(N)=S. The molecule has 0 aliphatic carbocycles. The number of nitrogens with zero attached hydrogens (tertiary/aromatic N) is 2. The predicted molar refractivity (Wildman–Crippen MR) is 87.0 cm³/mol. The summed E-state index contributed by atoms with van der Waals surface area (Å²) in [6.45, 7) is 5.21. The molecule has 2 N–H and O–H groups in total. The van der Waals surface area contributed by atoms with Gasteiger partial charge in [-0.15, -0.1) is 0 Å². The zero-order valence-electron chi connectivity index (χ0n) is 11.4. The van der Waals surface area contributed by atoms with Crippen LogP contribution in [0.25, 0.3) is 0 Å². The van der Waals surface area contributed by atoms with Crippen molar-refractivity contribution in [3.05, 3.63) is 45.7 Å². The lowest BCUT2D eigenvalue weighted by molar-refractivity contribution is 0.291. The normalized spacial score (nSPS) is 10.6. The van der Waals surface area contributed by atoms with Gasteiger partial charge in [0.25, 0.3) is 0 Å². The smallest absolute Gasteiger partial charge is 0.131 e. The van der Waals surface area contributed by atoms with Crippen molar-refractivity contribution in [2.45, 2.75) is 27.0 Å². The van der Waals surface area contributed by atoms with E-state index in [4.69, 9.17) is 22.7 Å². The van der Waals surface area contributed by atoms with E-state index in [1.807, 2.05) is 42.8 Å². The first kappa shape index (κ1) is 15.0. The monoisotopic (exact) mass is 353 g/mol. The van der Waals surface area contributed by atoms with Crippen molar-refractivity contribution in [2.24, 2.45) is 5.73 Å². The van der Waals surface area contributed by atoms with Crippen molar-refractivity contribution in [3.8, 4) is 5.75 Å². The highest BCUT2D eigenvalue weighted by Crippen LogP contribution is 2.24. The molecule has 2 aromatic rings. The van der Waals surface area contributed by atoms with Gasteiger partial charge in [0, 0.05) is 6.54 Å². The number of aryl methyl sites for hydroxylation is 2. The summed E-state index contributed by atoms with van der Waals surface area (Å²) in [6, 6.07) is 7.50. The van der Waals surface area contributed by atoms with Crippen LogP contribution in [0.15, 0.2) is 28.7 Å². The summed E-state index contributed by atoms with van der Waals surface area (Å²) < 4.78 is 8.76. The van der Waals surface area contributed by atoms with E-state index in [0.717, 1.165) is 28.0 Å². The number of benzene rings is 1. The maximum absolute atomic E-state index is 5.86. The summed E-state index contributed by atoms with van der Waals surface area (Å²) >= 11 is 8.58. The lowest BCUT2D eigenvalue weighted by Gasteiger charge is -2.11. The van der Waals surface area contributed by atoms with Gasteiger partial charge in [-0.25, -0.2) is 0 Å². The molecule has 1 heterocycles. The van der Waals surface area contributed by atoms with E-state index >= 15 is 0 Å². The van der Waals surface area contributed by atoms with Crippen LogP contribution in [0.5, 0.6) is 5.75 Å². The first-order valence-corrected chi connectivity index (χ1v) is 7.48. The molecule has 106 valence electrons. The molecule has 20 heavy (non-hydrogen) atoms. The first-order chi connectivity index (χ1) is 9.54. The van der Waals surface area contributed by atoms with E-state index in [0.29, 0.717) is 17.3 Å². The Labute approximate surface area is 132 Å². The van der Waals surface area contributed by atoms with E-state index < -0.39 is 0 Å². The lowest BCUT2D eigenvalue weighted by atomic mass is 10.2. The fourth-order valence-electron chi connectivity index (χ4n) is 1.95. The molecule has 0 aliphatic rings. The third kappa shape index (κ3) is 3.02. The topological polar surface area (TPSA) is 53.1 Å². The molecule has 0 aliphatic heterocycles. The Hall–Kier alpha value is -1.40. The standard InChI is InChI=1S/C14H16BrN3OS/c1-3-18-11(13(15)9(2)17-18)8-19-12-7-5-4-6-10(12)14(16)20/h4-7H,3,8H2,1-2H3,(H2,16,20). The fourth-order valence-corrected chi connectivity index (χ4v) is 2.52. The number of rotatable bonds is 5. The minimum Gasteiger partial charge on any atom is -0.487 e. The van der Waals surface area contributed by atoms with Crippen LogP contribution in [0.1, 0.15) is 23.9 Å². The van der Waals surface area contributed by atoms with Gasteiger partial charge in [0.05, 0.1) is 21.4 Å². The van der Waals surface area contributed by atoms with Gasteiger partial charge in [-0.05, 0) is 41.9 Å². The molecule has 1 aromatic carbocycles.